The van der Waals surface area contributed by atoms with Gasteiger partial charge in [-0.3, -0.25) is 0 Å². The Morgan fingerprint density at radius 2 is 2.00 bits per heavy atom. The molecular weight excluding hydrogens is 282 g/mol. The van der Waals surface area contributed by atoms with Gasteiger partial charge in [-0.15, -0.1) is 0 Å². The van der Waals surface area contributed by atoms with E-state index in [-0.39, 0.29) is 0 Å². The quantitative estimate of drug-likeness (QED) is 0.906. The lowest BCUT2D eigenvalue weighted by molar-refractivity contribution is 0.352. The van der Waals surface area contributed by atoms with Gasteiger partial charge in [-0.25, -0.2) is 0 Å². The average molecular weight is 300 g/mol. The fraction of sp³-hybridized carbons (Fsp3) is 0.538. The third-order valence-corrected chi connectivity index (χ3v) is 3.80. The van der Waals surface area contributed by atoms with E-state index in [9.17, 15) is 0 Å². The Kier molecular flexibility index (Phi) is 3.64. The van der Waals surface area contributed by atoms with Crippen molar-refractivity contribution >= 4 is 15.9 Å². The fourth-order valence-electron chi connectivity index (χ4n) is 1.75. The molecule has 0 amide bonds. The maximum absolute atomic E-state index is 5.32. The molecule has 0 spiro atoms. The Balaban J connectivity index is 2.14. The molecule has 0 atom stereocenters. The third-order valence-electron chi connectivity index (χ3n) is 3.21. The van der Waals surface area contributed by atoms with E-state index in [1.165, 1.54) is 18.4 Å². The van der Waals surface area contributed by atoms with Crippen molar-refractivity contribution in [3.05, 3.63) is 22.2 Å². The molecule has 4 heteroatoms. The van der Waals surface area contributed by atoms with Gasteiger partial charge in [0.25, 0.3) is 0 Å². The highest BCUT2D eigenvalue weighted by atomic mass is 79.9. The van der Waals surface area contributed by atoms with Crippen LogP contribution in [0.5, 0.6) is 11.5 Å². The molecule has 1 fully saturated rings. The summed E-state index contributed by atoms with van der Waals surface area (Å²) in [6, 6.07) is 4.09. The average Bonchev–Trinajstić information content (AvgIpc) is 3.04. The Hall–Kier alpha value is -0.740. The molecule has 0 radical (unpaired) electrons. The molecule has 0 bridgehead atoms. The van der Waals surface area contributed by atoms with E-state index in [4.69, 9.17) is 9.47 Å². The molecule has 1 aliphatic carbocycles. The first kappa shape index (κ1) is 12.7. The van der Waals surface area contributed by atoms with Gasteiger partial charge in [0, 0.05) is 12.1 Å². The van der Waals surface area contributed by atoms with Crippen molar-refractivity contribution in [2.24, 2.45) is 0 Å². The number of hydrogen-bond donors (Lipinski definition) is 1. The minimum atomic E-state index is 0.347. The van der Waals surface area contributed by atoms with E-state index < -0.39 is 0 Å². The molecule has 0 heterocycles. The van der Waals surface area contributed by atoms with Gasteiger partial charge >= 0.3 is 0 Å². The summed E-state index contributed by atoms with van der Waals surface area (Å²) in [7, 11) is 3.30. The lowest BCUT2D eigenvalue weighted by atomic mass is 10.2. The highest BCUT2D eigenvalue weighted by molar-refractivity contribution is 9.10. The largest absolute Gasteiger partial charge is 0.493 e. The van der Waals surface area contributed by atoms with Crippen LogP contribution in [-0.4, -0.2) is 19.8 Å². The summed E-state index contributed by atoms with van der Waals surface area (Å²) in [5, 5.41) is 3.55. The van der Waals surface area contributed by atoms with E-state index >= 15 is 0 Å². The zero-order valence-electron chi connectivity index (χ0n) is 10.5. The highest BCUT2D eigenvalue weighted by Crippen LogP contribution is 2.38. The van der Waals surface area contributed by atoms with Gasteiger partial charge in [-0.2, -0.15) is 0 Å². The number of halogens is 1. The molecule has 0 aromatic heterocycles. The lowest BCUT2D eigenvalue weighted by Crippen LogP contribution is -2.26. The van der Waals surface area contributed by atoms with E-state index in [0.717, 1.165) is 22.5 Å². The molecule has 0 aliphatic heterocycles. The molecule has 1 N–H and O–H groups in total. The Morgan fingerprint density at radius 3 is 2.53 bits per heavy atom. The zero-order valence-corrected chi connectivity index (χ0v) is 12.1. The SMILES string of the molecule is COc1cc(CNC2(C)CC2)cc(Br)c1OC. The van der Waals surface area contributed by atoms with Gasteiger partial charge in [-0.05, 0) is 53.4 Å². The number of nitrogens with one attached hydrogen (secondary N) is 1. The topological polar surface area (TPSA) is 30.5 Å². The van der Waals surface area contributed by atoms with Crippen LogP contribution in [0.1, 0.15) is 25.3 Å². The molecule has 1 aliphatic rings. The van der Waals surface area contributed by atoms with Crippen LogP contribution in [0, 0.1) is 0 Å². The summed E-state index contributed by atoms with van der Waals surface area (Å²) < 4.78 is 11.5. The summed E-state index contributed by atoms with van der Waals surface area (Å²) in [5.41, 5.74) is 1.54. The first-order chi connectivity index (χ1) is 8.08. The minimum absolute atomic E-state index is 0.347. The standard InChI is InChI=1S/C13H18BrNO2/c1-13(4-5-13)15-8-9-6-10(14)12(17-3)11(7-9)16-2/h6-7,15H,4-5,8H2,1-3H3. The predicted molar refractivity (Wildman–Crippen MR) is 71.7 cm³/mol. The number of methoxy groups -OCH3 is 2. The van der Waals surface area contributed by atoms with Crippen molar-refractivity contribution in [2.45, 2.75) is 31.8 Å². The van der Waals surface area contributed by atoms with Crippen LogP contribution in [0.15, 0.2) is 16.6 Å². The highest BCUT2D eigenvalue weighted by Gasteiger charge is 2.36. The van der Waals surface area contributed by atoms with E-state index in [1.807, 2.05) is 6.07 Å². The maximum Gasteiger partial charge on any atom is 0.174 e. The van der Waals surface area contributed by atoms with Crippen LogP contribution in [0.2, 0.25) is 0 Å². The van der Waals surface area contributed by atoms with Gasteiger partial charge in [0.05, 0.1) is 18.7 Å². The monoisotopic (exact) mass is 299 g/mol. The second kappa shape index (κ2) is 4.86. The van der Waals surface area contributed by atoms with Crippen molar-refractivity contribution in [1.82, 2.24) is 5.32 Å². The summed E-state index contributed by atoms with van der Waals surface area (Å²) in [4.78, 5) is 0. The van der Waals surface area contributed by atoms with Gasteiger partial charge in [0.2, 0.25) is 0 Å². The minimum Gasteiger partial charge on any atom is -0.493 e. The van der Waals surface area contributed by atoms with E-state index in [2.05, 4.69) is 34.2 Å². The van der Waals surface area contributed by atoms with Crippen LogP contribution in [0.4, 0.5) is 0 Å². The molecule has 1 aromatic carbocycles. The fourth-order valence-corrected chi connectivity index (χ4v) is 2.40. The summed E-state index contributed by atoms with van der Waals surface area (Å²) in [6.07, 6.45) is 2.53. The van der Waals surface area contributed by atoms with Gasteiger partial charge in [0.15, 0.2) is 11.5 Å². The Labute approximate surface area is 111 Å². The van der Waals surface area contributed by atoms with Crippen molar-refractivity contribution < 1.29 is 9.47 Å². The molecule has 1 aromatic rings. The normalized spacial score (nSPS) is 16.7. The van der Waals surface area contributed by atoms with Crippen LogP contribution in [0.3, 0.4) is 0 Å². The predicted octanol–water partition coefficient (Wildman–Crippen LogP) is 3.11. The smallest absolute Gasteiger partial charge is 0.174 e. The summed E-state index contributed by atoms with van der Waals surface area (Å²) >= 11 is 3.50. The van der Waals surface area contributed by atoms with Crippen molar-refractivity contribution in [2.75, 3.05) is 14.2 Å². The number of hydrogen-bond acceptors (Lipinski definition) is 3. The number of rotatable bonds is 5. The van der Waals surface area contributed by atoms with Crippen LogP contribution < -0.4 is 14.8 Å². The van der Waals surface area contributed by atoms with Gasteiger partial charge < -0.3 is 14.8 Å². The number of ether oxygens (including phenoxy) is 2. The van der Waals surface area contributed by atoms with Gasteiger partial charge in [0.1, 0.15) is 0 Å². The second-order valence-electron chi connectivity index (χ2n) is 4.73. The molecule has 94 valence electrons. The summed E-state index contributed by atoms with van der Waals surface area (Å²) in [6.45, 7) is 3.11. The van der Waals surface area contributed by atoms with Crippen LogP contribution in [0.25, 0.3) is 0 Å². The van der Waals surface area contributed by atoms with Crippen LogP contribution >= 0.6 is 15.9 Å². The second-order valence-corrected chi connectivity index (χ2v) is 5.58. The summed E-state index contributed by atoms with van der Waals surface area (Å²) in [5.74, 6) is 1.51. The molecule has 0 saturated heterocycles. The first-order valence-corrected chi connectivity index (χ1v) is 6.53. The molecule has 1 saturated carbocycles. The molecule has 17 heavy (non-hydrogen) atoms. The number of benzene rings is 1. The van der Waals surface area contributed by atoms with Crippen molar-refractivity contribution in [3.63, 3.8) is 0 Å². The van der Waals surface area contributed by atoms with Gasteiger partial charge in [-0.1, -0.05) is 0 Å². The molecule has 2 rings (SSSR count). The van der Waals surface area contributed by atoms with E-state index in [0.29, 0.717) is 5.54 Å². The maximum atomic E-state index is 5.32. The lowest BCUT2D eigenvalue weighted by Gasteiger charge is -2.14. The Morgan fingerprint density at radius 1 is 1.29 bits per heavy atom. The first-order valence-electron chi connectivity index (χ1n) is 5.73. The molecule has 3 nitrogen and oxygen atoms in total. The van der Waals surface area contributed by atoms with Crippen LogP contribution in [-0.2, 0) is 6.54 Å². The van der Waals surface area contributed by atoms with Crippen molar-refractivity contribution in [3.8, 4) is 11.5 Å². The molecular formula is C13H18BrNO2. The van der Waals surface area contributed by atoms with E-state index in [1.54, 1.807) is 14.2 Å². The molecule has 0 unspecified atom stereocenters. The van der Waals surface area contributed by atoms with Crippen molar-refractivity contribution in [1.29, 1.82) is 0 Å². The third kappa shape index (κ3) is 2.93. The Bertz CT molecular complexity index is 416. The zero-order chi connectivity index (χ0) is 12.5.